The highest BCUT2D eigenvalue weighted by atomic mass is 16.3. The van der Waals surface area contributed by atoms with Gasteiger partial charge in [0.15, 0.2) is 0 Å². The predicted octanol–water partition coefficient (Wildman–Crippen LogP) is 0.936. The van der Waals surface area contributed by atoms with Crippen LogP contribution < -0.4 is 0 Å². The number of hydrogen-bond donors (Lipinski definition) is 1. The van der Waals surface area contributed by atoms with Crippen molar-refractivity contribution in [3.63, 3.8) is 0 Å². The van der Waals surface area contributed by atoms with Crippen LogP contribution in [0.25, 0.3) is 0 Å². The third-order valence-electron chi connectivity index (χ3n) is 3.09. The number of hydrogen-bond acceptors (Lipinski definition) is 2. The van der Waals surface area contributed by atoms with E-state index < -0.39 is 0 Å². The van der Waals surface area contributed by atoms with E-state index in [1.807, 2.05) is 4.90 Å². The zero-order chi connectivity index (χ0) is 9.97. The summed E-state index contributed by atoms with van der Waals surface area (Å²) in [5.41, 5.74) is 0. The van der Waals surface area contributed by atoms with Crippen molar-refractivity contribution >= 4 is 5.91 Å². The molecule has 0 bridgehead atoms. The number of allylic oxidation sites excluding steroid dienone is 2. The van der Waals surface area contributed by atoms with Crippen molar-refractivity contribution in [1.29, 1.82) is 0 Å². The van der Waals surface area contributed by atoms with Crippen LogP contribution in [0.15, 0.2) is 12.2 Å². The van der Waals surface area contributed by atoms with Gasteiger partial charge in [0.05, 0.1) is 6.10 Å². The second-order valence-electron chi connectivity index (χ2n) is 4.21. The van der Waals surface area contributed by atoms with Crippen LogP contribution in [0.3, 0.4) is 0 Å². The fourth-order valence-electron chi connectivity index (χ4n) is 2.22. The average molecular weight is 195 g/mol. The molecule has 1 fully saturated rings. The standard InChI is InChI=1S/C11H17NO2/c13-10-6-7-12(8-10)11(14)9-4-2-1-3-5-9/h1-2,9-10,13H,3-8H2/t9?,10-/m1/s1. The zero-order valence-corrected chi connectivity index (χ0v) is 8.35. The lowest BCUT2D eigenvalue weighted by molar-refractivity contribution is -0.135. The molecule has 0 radical (unpaired) electrons. The van der Waals surface area contributed by atoms with Gasteiger partial charge in [-0.05, 0) is 25.7 Å². The molecular weight excluding hydrogens is 178 g/mol. The van der Waals surface area contributed by atoms with Crippen molar-refractivity contribution < 1.29 is 9.90 Å². The SMILES string of the molecule is O=C(C1CC=CCC1)N1CC[C@@H](O)C1. The van der Waals surface area contributed by atoms with E-state index in [0.717, 1.165) is 32.2 Å². The Balaban J connectivity index is 1.91. The molecular formula is C11H17NO2. The van der Waals surface area contributed by atoms with Crippen molar-refractivity contribution in [3.05, 3.63) is 12.2 Å². The fraction of sp³-hybridized carbons (Fsp3) is 0.727. The number of aliphatic hydroxyl groups is 1. The van der Waals surface area contributed by atoms with Crippen LogP contribution >= 0.6 is 0 Å². The molecule has 1 unspecified atom stereocenters. The molecule has 2 aliphatic rings. The van der Waals surface area contributed by atoms with Crippen molar-refractivity contribution in [1.82, 2.24) is 4.90 Å². The van der Waals surface area contributed by atoms with E-state index in [4.69, 9.17) is 0 Å². The maximum absolute atomic E-state index is 11.9. The highest BCUT2D eigenvalue weighted by Gasteiger charge is 2.29. The molecule has 3 nitrogen and oxygen atoms in total. The van der Waals surface area contributed by atoms with Crippen molar-refractivity contribution in [3.8, 4) is 0 Å². The van der Waals surface area contributed by atoms with E-state index >= 15 is 0 Å². The van der Waals surface area contributed by atoms with E-state index in [1.165, 1.54) is 0 Å². The molecule has 1 aliphatic carbocycles. The summed E-state index contributed by atoms with van der Waals surface area (Å²) in [6, 6.07) is 0. The van der Waals surface area contributed by atoms with Crippen LogP contribution in [-0.2, 0) is 4.79 Å². The fourth-order valence-corrected chi connectivity index (χ4v) is 2.22. The van der Waals surface area contributed by atoms with Gasteiger partial charge in [-0.25, -0.2) is 0 Å². The summed E-state index contributed by atoms with van der Waals surface area (Å²) in [6.07, 6.45) is 7.56. The Bertz CT molecular complexity index is 250. The van der Waals surface area contributed by atoms with Gasteiger partial charge in [0.25, 0.3) is 0 Å². The second kappa shape index (κ2) is 4.13. The Hall–Kier alpha value is -0.830. The summed E-state index contributed by atoms with van der Waals surface area (Å²) >= 11 is 0. The van der Waals surface area contributed by atoms with Crippen LogP contribution in [0.1, 0.15) is 25.7 Å². The molecule has 0 aromatic rings. The van der Waals surface area contributed by atoms with E-state index in [0.29, 0.717) is 6.54 Å². The number of carbonyl (C=O) groups excluding carboxylic acids is 1. The van der Waals surface area contributed by atoms with Crippen LogP contribution in [-0.4, -0.2) is 35.1 Å². The lowest BCUT2D eigenvalue weighted by Gasteiger charge is -2.23. The zero-order valence-electron chi connectivity index (χ0n) is 8.35. The van der Waals surface area contributed by atoms with Crippen molar-refractivity contribution in [2.24, 2.45) is 5.92 Å². The maximum atomic E-state index is 11.9. The van der Waals surface area contributed by atoms with E-state index in [9.17, 15) is 9.90 Å². The molecule has 78 valence electrons. The summed E-state index contributed by atoms with van der Waals surface area (Å²) in [4.78, 5) is 13.7. The smallest absolute Gasteiger partial charge is 0.226 e. The monoisotopic (exact) mass is 195 g/mol. The third kappa shape index (κ3) is 1.98. The normalized spacial score (nSPS) is 32.2. The Morgan fingerprint density at radius 2 is 2.21 bits per heavy atom. The molecule has 0 spiro atoms. The Morgan fingerprint density at radius 3 is 2.79 bits per heavy atom. The van der Waals surface area contributed by atoms with Crippen LogP contribution in [0, 0.1) is 5.92 Å². The summed E-state index contributed by atoms with van der Waals surface area (Å²) in [5, 5.41) is 9.34. The third-order valence-corrected chi connectivity index (χ3v) is 3.09. The van der Waals surface area contributed by atoms with Crippen LogP contribution in [0.4, 0.5) is 0 Å². The molecule has 2 atom stereocenters. The topological polar surface area (TPSA) is 40.5 Å². The Labute approximate surface area is 84.4 Å². The Morgan fingerprint density at radius 1 is 1.36 bits per heavy atom. The van der Waals surface area contributed by atoms with Gasteiger partial charge in [-0.3, -0.25) is 4.79 Å². The summed E-state index contributed by atoms with van der Waals surface area (Å²) in [6.45, 7) is 1.28. The lowest BCUT2D eigenvalue weighted by Crippen LogP contribution is -2.35. The lowest BCUT2D eigenvalue weighted by atomic mass is 9.93. The van der Waals surface area contributed by atoms with Crippen LogP contribution in [0.2, 0.25) is 0 Å². The van der Waals surface area contributed by atoms with Gasteiger partial charge in [-0.1, -0.05) is 12.2 Å². The van der Waals surface area contributed by atoms with E-state index in [-0.39, 0.29) is 17.9 Å². The minimum atomic E-state index is -0.293. The van der Waals surface area contributed by atoms with Gasteiger partial charge in [0, 0.05) is 19.0 Å². The molecule has 0 saturated carbocycles. The van der Waals surface area contributed by atoms with E-state index in [2.05, 4.69) is 12.2 Å². The first kappa shape index (κ1) is 9.71. The molecule has 1 N–H and O–H groups in total. The predicted molar refractivity (Wildman–Crippen MR) is 53.7 cm³/mol. The van der Waals surface area contributed by atoms with Crippen molar-refractivity contribution in [2.45, 2.75) is 31.8 Å². The molecule has 1 saturated heterocycles. The second-order valence-corrected chi connectivity index (χ2v) is 4.21. The number of aliphatic hydroxyl groups excluding tert-OH is 1. The Kier molecular flexibility index (Phi) is 2.87. The first-order valence-electron chi connectivity index (χ1n) is 5.39. The van der Waals surface area contributed by atoms with Gasteiger partial charge in [0.2, 0.25) is 5.91 Å². The van der Waals surface area contributed by atoms with Gasteiger partial charge in [-0.2, -0.15) is 0 Å². The minimum Gasteiger partial charge on any atom is -0.391 e. The summed E-state index contributed by atoms with van der Waals surface area (Å²) in [7, 11) is 0. The summed E-state index contributed by atoms with van der Waals surface area (Å²) in [5.74, 6) is 0.413. The molecule has 2 rings (SSSR count). The number of likely N-dealkylation sites (tertiary alicyclic amines) is 1. The van der Waals surface area contributed by atoms with Crippen LogP contribution in [0.5, 0.6) is 0 Å². The molecule has 0 aromatic heterocycles. The minimum absolute atomic E-state index is 0.172. The molecule has 1 aliphatic heterocycles. The molecule has 0 aromatic carbocycles. The van der Waals surface area contributed by atoms with Crippen molar-refractivity contribution in [2.75, 3.05) is 13.1 Å². The van der Waals surface area contributed by atoms with Gasteiger partial charge < -0.3 is 10.0 Å². The largest absolute Gasteiger partial charge is 0.391 e. The van der Waals surface area contributed by atoms with E-state index in [1.54, 1.807) is 0 Å². The van der Waals surface area contributed by atoms with Gasteiger partial charge in [0.1, 0.15) is 0 Å². The number of carbonyl (C=O) groups is 1. The number of nitrogens with zero attached hydrogens (tertiary/aromatic N) is 1. The molecule has 1 amide bonds. The average Bonchev–Trinajstić information content (AvgIpc) is 2.65. The highest BCUT2D eigenvalue weighted by molar-refractivity contribution is 5.79. The first-order valence-corrected chi connectivity index (χ1v) is 5.39. The number of β-amino-alcohol motifs (C(OH)–C–C–N with tert-alkyl or cyclic N) is 1. The van der Waals surface area contributed by atoms with Gasteiger partial charge >= 0.3 is 0 Å². The summed E-state index contributed by atoms with van der Waals surface area (Å²) < 4.78 is 0. The molecule has 1 heterocycles. The number of rotatable bonds is 1. The van der Waals surface area contributed by atoms with Gasteiger partial charge in [-0.15, -0.1) is 0 Å². The number of amides is 1. The highest BCUT2D eigenvalue weighted by Crippen LogP contribution is 2.22. The first-order chi connectivity index (χ1) is 6.77. The quantitative estimate of drug-likeness (QED) is 0.632. The molecule has 14 heavy (non-hydrogen) atoms. The maximum Gasteiger partial charge on any atom is 0.226 e. The molecule has 3 heteroatoms.